The predicted molar refractivity (Wildman–Crippen MR) is 151 cm³/mol. The van der Waals surface area contributed by atoms with Gasteiger partial charge in [-0.05, 0) is 36.2 Å². The predicted octanol–water partition coefficient (Wildman–Crippen LogP) is 7.24. The van der Waals surface area contributed by atoms with Crippen LogP contribution >= 0.6 is 23.2 Å². The molecule has 7 heteroatoms. The van der Waals surface area contributed by atoms with Gasteiger partial charge < -0.3 is 5.32 Å². The molecule has 0 radical (unpaired) electrons. The molecular weight excluding hydrogens is 505 g/mol. The first-order chi connectivity index (χ1) is 18.0. The molecule has 1 heterocycles. The maximum atomic E-state index is 13.9. The normalized spacial score (nSPS) is 10.9. The highest BCUT2D eigenvalue weighted by Gasteiger charge is 2.24. The number of amides is 1. The Morgan fingerprint density at radius 2 is 1.43 bits per heavy atom. The molecule has 1 N–H and O–H groups in total. The summed E-state index contributed by atoms with van der Waals surface area (Å²) in [4.78, 5) is 32.3. The van der Waals surface area contributed by atoms with E-state index >= 15 is 0 Å². The number of hydrogen-bond donors (Lipinski definition) is 1. The number of rotatable bonds is 10. The van der Waals surface area contributed by atoms with E-state index in [1.807, 2.05) is 54.6 Å². The molecule has 0 atom stereocenters. The van der Waals surface area contributed by atoms with Crippen LogP contribution in [0.4, 0.5) is 0 Å². The van der Waals surface area contributed by atoms with E-state index in [2.05, 4.69) is 12.2 Å². The number of carbonyl (C=O) groups excluding carboxylic acids is 1. The molecule has 1 amide bonds. The molecule has 0 unspecified atom stereocenters. The van der Waals surface area contributed by atoms with Gasteiger partial charge in [0.05, 0.1) is 6.54 Å². The van der Waals surface area contributed by atoms with Gasteiger partial charge in [-0.1, -0.05) is 104 Å². The second-order valence-electron chi connectivity index (χ2n) is 8.86. The number of nitrogens with one attached hydrogen (secondary N) is 1. The van der Waals surface area contributed by atoms with Gasteiger partial charge >= 0.3 is 0 Å². The Balaban J connectivity index is 1.89. The lowest BCUT2D eigenvalue weighted by atomic mass is 10.1. The molecule has 5 nitrogen and oxygen atoms in total. The van der Waals surface area contributed by atoms with Gasteiger partial charge in [-0.3, -0.25) is 14.2 Å². The van der Waals surface area contributed by atoms with Crippen LogP contribution in [0.2, 0.25) is 10.0 Å². The monoisotopic (exact) mass is 533 g/mol. The van der Waals surface area contributed by atoms with Gasteiger partial charge in [-0.15, -0.1) is 0 Å². The number of nitrogens with zero attached hydrogens (tertiary/aromatic N) is 2. The van der Waals surface area contributed by atoms with Crippen molar-refractivity contribution in [3.05, 3.63) is 111 Å². The zero-order valence-corrected chi connectivity index (χ0v) is 22.2. The van der Waals surface area contributed by atoms with E-state index in [1.54, 1.807) is 24.3 Å². The highest BCUT2D eigenvalue weighted by atomic mass is 35.5. The van der Waals surface area contributed by atoms with Gasteiger partial charge in [0, 0.05) is 27.7 Å². The van der Waals surface area contributed by atoms with Gasteiger partial charge in [-0.2, -0.15) is 0 Å². The number of halogens is 2. The van der Waals surface area contributed by atoms with Crippen LogP contribution in [0, 0.1) is 0 Å². The summed E-state index contributed by atoms with van der Waals surface area (Å²) in [5, 5.41) is 4.19. The number of aromatic nitrogens is 2. The minimum absolute atomic E-state index is 0.192. The Labute approximate surface area is 227 Å². The van der Waals surface area contributed by atoms with E-state index in [0.29, 0.717) is 33.4 Å². The standard InChI is InChI=1S/C30H29Cl2N3O2/c1-2-3-4-8-19-33-29(36)28-26(23-13-17-25(32)18-14-23)34-27(22-9-6-5-7-10-22)30(37)35(28)20-21-11-15-24(31)16-12-21/h5-7,9-18H,2-4,8,19-20H2,1H3,(H,33,36). The fourth-order valence-electron chi connectivity index (χ4n) is 4.15. The van der Waals surface area contributed by atoms with Gasteiger partial charge in [0.1, 0.15) is 17.1 Å². The van der Waals surface area contributed by atoms with Crippen LogP contribution < -0.4 is 10.9 Å². The molecule has 0 aliphatic heterocycles. The smallest absolute Gasteiger partial charge is 0.278 e. The second kappa shape index (κ2) is 12.7. The summed E-state index contributed by atoms with van der Waals surface area (Å²) in [7, 11) is 0. The van der Waals surface area contributed by atoms with Crippen molar-refractivity contribution >= 4 is 29.1 Å². The van der Waals surface area contributed by atoms with E-state index < -0.39 is 0 Å². The summed E-state index contributed by atoms with van der Waals surface area (Å²) in [5.74, 6) is -0.334. The lowest BCUT2D eigenvalue weighted by Gasteiger charge is -2.19. The van der Waals surface area contributed by atoms with Crippen molar-refractivity contribution in [2.45, 2.75) is 39.2 Å². The fraction of sp³-hybridized carbons (Fsp3) is 0.233. The maximum absolute atomic E-state index is 13.9. The molecule has 37 heavy (non-hydrogen) atoms. The van der Waals surface area contributed by atoms with Gasteiger partial charge in [-0.25, -0.2) is 4.98 Å². The van der Waals surface area contributed by atoms with Crippen molar-refractivity contribution < 1.29 is 4.79 Å². The van der Waals surface area contributed by atoms with Crippen LogP contribution in [0.25, 0.3) is 22.5 Å². The summed E-state index contributed by atoms with van der Waals surface area (Å²) in [6, 6.07) is 23.7. The number of benzene rings is 3. The Bertz CT molecular complexity index is 1400. The third-order valence-corrected chi connectivity index (χ3v) is 6.62. The van der Waals surface area contributed by atoms with Gasteiger partial charge in [0.2, 0.25) is 0 Å². The third kappa shape index (κ3) is 6.68. The maximum Gasteiger partial charge on any atom is 0.278 e. The summed E-state index contributed by atoms with van der Waals surface area (Å²) in [6.07, 6.45) is 4.12. The zero-order chi connectivity index (χ0) is 26.2. The summed E-state index contributed by atoms with van der Waals surface area (Å²) in [6.45, 7) is 2.86. The van der Waals surface area contributed by atoms with Crippen molar-refractivity contribution in [1.82, 2.24) is 14.9 Å². The molecule has 0 saturated heterocycles. The minimum Gasteiger partial charge on any atom is -0.351 e. The highest BCUT2D eigenvalue weighted by molar-refractivity contribution is 6.30. The number of hydrogen-bond acceptors (Lipinski definition) is 3. The SMILES string of the molecule is CCCCCCNC(=O)c1c(-c2ccc(Cl)cc2)nc(-c2ccccc2)c(=O)n1Cc1ccc(Cl)cc1. The largest absolute Gasteiger partial charge is 0.351 e. The molecule has 0 spiro atoms. The average molecular weight is 534 g/mol. The van der Waals surface area contributed by atoms with Crippen LogP contribution in [-0.4, -0.2) is 22.0 Å². The second-order valence-corrected chi connectivity index (χ2v) is 9.74. The summed E-state index contributed by atoms with van der Waals surface area (Å²) >= 11 is 12.2. The van der Waals surface area contributed by atoms with E-state index in [4.69, 9.17) is 28.2 Å². The topological polar surface area (TPSA) is 64.0 Å². The van der Waals surface area contributed by atoms with Crippen molar-refractivity contribution in [1.29, 1.82) is 0 Å². The molecule has 1 aromatic heterocycles. The first kappa shape index (κ1) is 26.6. The minimum atomic E-state index is -0.338. The lowest BCUT2D eigenvalue weighted by Crippen LogP contribution is -2.35. The van der Waals surface area contributed by atoms with Crippen LogP contribution in [-0.2, 0) is 6.54 Å². The Morgan fingerprint density at radius 1 is 0.811 bits per heavy atom. The third-order valence-electron chi connectivity index (χ3n) is 6.12. The molecule has 0 saturated carbocycles. The van der Waals surface area contributed by atoms with Gasteiger partial charge in [0.25, 0.3) is 11.5 Å². The fourth-order valence-corrected chi connectivity index (χ4v) is 4.41. The van der Waals surface area contributed by atoms with Crippen molar-refractivity contribution in [2.75, 3.05) is 6.54 Å². The summed E-state index contributed by atoms with van der Waals surface area (Å²) < 4.78 is 1.52. The molecular formula is C30H29Cl2N3O2. The first-order valence-electron chi connectivity index (χ1n) is 12.5. The molecule has 0 aliphatic carbocycles. The molecule has 3 aromatic carbocycles. The van der Waals surface area contributed by atoms with Crippen molar-refractivity contribution in [3.8, 4) is 22.5 Å². The van der Waals surface area contributed by atoms with E-state index in [-0.39, 0.29) is 29.4 Å². The van der Waals surface area contributed by atoms with E-state index in [9.17, 15) is 9.59 Å². The van der Waals surface area contributed by atoms with Crippen LogP contribution in [0.3, 0.4) is 0 Å². The Hall–Kier alpha value is -3.41. The Morgan fingerprint density at radius 3 is 2.08 bits per heavy atom. The molecule has 190 valence electrons. The first-order valence-corrected chi connectivity index (χ1v) is 13.2. The molecule has 4 rings (SSSR count). The van der Waals surface area contributed by atoms with E-state index in [0.717, 1.165) is 31.2 Å². The van der Waals surface area contributed by atoms with Crippen molar-refractivity contribution in [2.24, 2.45) is 0 Å². The van der Waals surface area contributed by atoms with Crippen LogP contribution in [0.5, 0.6) is 0 Å². The Kier molecular flexibility index (Phi) is 9.15. The number of unbranched alkanes of at least 4 members (excludes halogenated alkanes) is 3. The van der Waals surface area contributed by atoms with E-state index in [1.165, 1.54) is 4.57 Å². The molecule has 0 fully saturated rings. The number of carbonyl (C=O) groups is 1. The quantitative estimate of drug-likeness (QED) is 0.218. The lowest BCUT2D eigenvalue weighted by molar-refractivity contribution is 0.0943. The molecule has 0 bridgehead atoms. The van der Waals surface area contributed by atoms with Crippen molar-refractivity contribution in [3.63, 3.8) is 0 Å². The van der Waals surface area contributed by atoms with Crippen LogP contribution in [0.15, 0.2) is 83.7 Å². The van der Waals surface area contributed by atoms with Gasteiger partial charge in [0.15, 0.2) is 0 Å². The molecule has 4 aromatic rings. The summed E-state index contributed by atoms with van der Waals surface area (Å²) in [5.41, 5.74) is 2.80. The zero-order valence-electron chi connectivity index (χ0n) is 20.7. The highest BCUT2D eigenvalue weighted by Crippen LogP contribution is 2.26. The molecule has 0 aliphatic rings. The van der Waals surface area contributed by atoms with Crippen LogP contribution in [0.1, 0.15) is 48.7 Å². The average Bonchev–Trinajstić information content (AvgIpc) is 2.91.